The van der Waals surface area contributed by atoms with E-state index in [2.05, 4.69) is 0 Å². The molecule has 10 heteroatoms. The highest BCUT2D eigenvalue weighted by molar-refractivity contribution is 7.07. The zero-order valence-corrected chi connectivity index (χ0v) is 26.2. The third-order valence-electron chi connectivity index (χ3n) is 7.16. The number of carbonyl (C=O) groups is 1. The number of halogens is 3. The molecule has 5 aromatic rings. The number of thiazole rings is 1. The van der Waals surface area contributed by atoms with Gasteiger partial charge in [0, 0.05) is 26.7 Å². The second kappa shape index (κ2) is 13.2. The van der Waals surface area contributed by atoms with Crippen molar-refractivity contribution in [2.24, 2.45) is 4.99 Å². The van der Waals surface area contributed by atoms with Crippen LogP contribution < -0.4 is 19.6 Å². The van der Waals surface area contributed by atoms with Gasteiger partial charge in [0.1, 0.15) is 18.2 Å². The maximum atomic E-state index is 14.2. The summed E-state index contributed by atoms with van der Waals surface area (Å²) in [6.07, 6.45) is 1.74. The minimum absolute atomic E-state index is 0.128. The minimum atomic E-state index is -0.906. The zero-order chi connectivity index (χ0) is 31.5. The molecule has 0 aliphatic carbocycles. The van der Waals surface area contributed by atoms with Crippen LogP contribution in [-0.2, 0) is 16.1 Å². The first-order valence-corrected chi connectivity index (χ1v) is 15.6. The van der Waals surface area contributed by atoms with E-state index in [1.54, 1.807) is 49.4 Å². The van der Waals surface area contributed by atoms with Gasteiger partial charge >= 0.3 is 5.97 Å². The van der Waals surface area contributed by atoms with Crippen molar-refractivity contribution in [3.63, 3.8) is 0 Å². The molecule has 0 saturated carbocycles. The first-order chi connectivity index (χ1) is 21.8. The molecule has 1 aliphatic rings. The van der Waals surface area contributed by atoms with Crippen LogP contribution in [0.5, 0.6) is 5.75 Å². The molecule has 0 spiro atoms. The SMILES string of the molecule is CCOC(=O)C1=C(c2ccccc2)N=c2s/c(=C/c3ccccc3OCc3ccc(Cl)cc3Cl)c(=O)n2[C@@H]1c1ccc(F)cc1. The van der Waals surface area contributed by atoms with Crippen LogP contribution in [-0.4, -0.2) is 17.1 Å². The molecule has 6 nitrogen and oxygen atoms in total. The van der Waals surface area contributed by atoms with E-state index in [0.717, 1.165) is 5.56 Å². The quantitative estimate of drug-likeness (QED) is 0.169. The van der Waals surface area contributed by atoms with Crippen LogP contribution in [0.3, 0.4) is 0 Å². The number of ether oxygens (including phenoxy) is 2. The van der Waals surface area contributed by atoms with Gasteiger partial charge in [0.05, 0.1) is 28.5 Å². The van der Waals surface area contributed by atoms with Crippen LogP contribution in [0.2, 0.25) is 10.0 Å². The second-order valence-electron chi connectivity index (χ2n) is 10.0. The van der Waals surface area contributed by atoms with E-state index in [4.69, 9.17) is 37.7 Å². The summed E-state index contributed by atoms with van der Waals surface area (Å²) in [4.78, 5) is 33.0. The first-order valence-electron chi connectivity index (χ1n) is 14.0. The van der Waals surface area contributed by atoms with Gasteiger partial charge in [-0.25, -0.2) is 14.2 Å². The minimum Gasteiger partial charge on any atom is -0.488 e. The van der Waals surface area contributed by atoms with Crippen LogP contribution in [0.25, 0.3) is 11.8 Å². The Bertz CT molecular complexity index is 2110. The van der Waals surface area contributed by atoms with E-state index in [1.165, 1.54) is 28.0 Å². The molecule has 0 amide bonds. The number of rotatable bonds is 8. The van der Waals surface area contributed by atoms with Crippen LogP contribution in [0.1, 0.15) is 35.2 Å². The van der Waals surface area contributed by atoms with Crippen LogP contribution in [0.4, 0.5) is 4.39 Å². The largest absolute Gasteiger partial charge is 0.488 e. The Morgan fingerprint density at radius 2 is 1.73 bits per heavy atom. The molecule has 1 aromatic heterocycles. The molecule has 0 saturated heterocycles. The van der Waals surface area contributed by atoms with Crippen molar-refractivity contribution in [1.29, 1.82) is 0 Å². The number of hydrogen-bond acceptors (Lipinski definition) is 6. The summed E-state index contributed by atoms with van der Waals surface area (Å²) in [5, 5.41) is 1.01. The fraction of sp³-hybridized carbons (Fsp3) is 0.114. The van der Waals surface area contributed by atoms with Gasteiger partial charge < -0.3 is 9.47 Å². The molecule has 4 aromatic carbocycles. The number of nitrogens with zero attached hydrogens (tertiary/aromatic N) is 2. The standard InChI is InChI=1S/C35H25Cl2FN2O4S/c1-2-43-34(42)30-31(21-8-4-3-5-9-21)39-35-40(32(30)22-13-16-26(38)17-14-22)33(41)29(45-35)18-23-10-6-7-11-28(23)44-20-24-12-15-25(36)19-27(24)37/h3-19,32H,2,20H2,1H3/b29-18+/t32-/m1/s1. The summed E-state index contributed by atoms with van der Waals surface area (Å²) in [5.41, 5.74) is 2.87. The Morgan fingerprint density at radius 3 is 2.47 bits per heavy atom. The fourth-order valence-corrected chi connectivity index (χ4v) is 6.52. The van der Waals surface area contributed by atoms with Crippen molar-refractivity contribution in [1.82, 2.24) is 4.57 Å². The summed E-state index contributed by atoms with van der Waals surface area (Å²) in [6, 6.07) is 26.6. The van der Waals surface area contributed by atoms with Gasteiger partial charge in [-0.3, -0.25) is 9.36 Å². The number of aromatic nitrogens is 1. The predicted molar refractivity (Wildman–Crippen MR) is 175 cm³/mol. The van der Waals surface area contributed by atoms with Crippen molar-refractivity contribution in [2.75, 3.05) is 6.61 Å². The van der Waals surface area contributed by atoms with Gasteiger partial charge in [0.15, 0.2) is 4.80 Å². The van der Waals surface area contributed by atoms with Gasteiger partial charge in [-0.15, -0.1) is 0 Å². The Morgan fingerprint density at radius 1 is 1.00 bits per heavy atom. The number of esters is 1. The van der Waals surface area contributed by atoms with Gasteiger partial charge in [0.25, 0.3) is 5.56 Å². The molecule has 1 atom stereocenters. The molecule has 45 heavy (non-hydrogen) atoms. The average molecular weight is 660 g/mol. The van der Waals surface area contributed by atoms with Gasteiger partial charge in [0.2, 0.25) is 0 Å². The number of para-hydroxylation sites is 1. The van der Waals surface area contributed by atoms with Crippen molar-refractivity contribution in [2.45, 2.75) is 19.6 Å². The molecule has 1 aliphatic heterocycles. The Balaban J connectivity index is 1.51. The number of carbonyl (C=O) groups excluding carboxylic acids is 1. The summed E-state index contributed by atoms with van der Waals surface area (Å²) < 4.78 is 27.5. The molecular formula is C35H25Cl2FN2O4S. The highest BCUT2D eigenvalue weighted by atomic mass is 35.5. The molecule has 0 radical (unpaired) electrons. The predicted octanol–water partition coefficient (Wildman–Crippen LogP) is 6.96. The smallest absolute Gasteiger partial charge is 0.338 e. The van der Waals surface area contributed by atoms with Crippen molar-refractivity contribution in [3.8, 4) is 5.75 Å². The van der Waals surface area contributed by atoms with E-state index in [0.29, 0.717) is 47.5 Å². The summed E-state index contributed by atoms with van der Waals surface area (Å²) in [7, 11) is 0. The lowest BCUT2D eigenvalue weighted by Gasteiger charge is -2.25. The molecule has 226 valence electrons. The summed E-state index contributed by atoms with van der Waals surface area (Å²) in [5.74, 6) is -0.502. The van der Waals surface area contributed by atoms with Crippen molar-refractivity contribution < 1.29 is 18.7 Å². The maximum absolute atomic E-state index is 14.2. The molecule has 2 heterocycles. The highest BCUT2D eigenvalue weighted by Crippen LogP contribution is 2.35. The molecule has 0 N–H and O–H groups in total. The molecule has 0 unspecified atom stereocenters. The van der Waals surface area contributed by atoms with Gasteiger partial charge in [-0.05, 0) is 48.9 Å². The van der Waals surface area contributed by atoms with Crippen LogP contribution in [0.15, 0.2) is 112 Å². The normalized spacial score (nSPS) is 14.6. The summed E-state index contributed by atoms with van der Waals surface area (Å²) >= 11 is 13.6. The molecule has 6 rings (SSSR count). The van der Waals surface area contributed by atoms with Crippen LogP contribution >= 0.6 is 34.5 Å². The second-order valence-corrected chi connectivity index (χ2v) is 11.9. The summed E-state index contributed by atoms with van der Waals surface area (Å²) in [6.45, 7) is 2.03. The lowest BCUT2D eigenvalue weighted by molar-refractivity contribution is -0.138. The topological polar surface area (TPSA) is 69.9 Å². The zero-order valence-electron chi connectivity index (χ0n) is 23.9. The van der Waals surface area contributed by atoms with E-state index in [1.807, 2.05) is 48.5 Å². The number of hydrogen-bond donors (Lipinski definition) is 0. The van der Waals surface area contributed by atoms with E-state index < -0.39 is 17.8 Å². The Kier molecular flexibility index (Phi) is 8.98. The fourth-order valence-electron chi connectivity index (χ4n) is 5.07. The van der Waals surface area contributed by atoms with Crippen LogP contribution in [0, 0.1) is 5.82 Å². The lowest BCUT2D eigenvalue weighted by Crippen LogP contribution is -2.40. The lowest BCUT2D eigenvalue weighted by atomic mass is 9.93. The number of benzene rings is 4. The monoisotopic (exact) mass is 658 g/mol. The third kappa shape index (κ3) is 6.35. The van der Waals surface area contributed by atoms with Gasteiger partial charge in [-0.1, -0.05) is 101 Å². The maximum Gasteiger partial charge on any atom is 0.338 e. The Hall–Kier alpha value is -4.50. The highest BCUT2D eigenvalue weighted by Gasteiger charge is 2.35. The number of fused-ring (bicyclic) bond motifs is 1. The molecular weight excluding hydrogens is 634 g/mol. The molecule has 0 fully saturated rings. The third-order valence-corrected chi connectivity index (χ3v) is 8.73. The van der Waals surface area contributed by atoms with Gasteiger partial charge in [-0.2, -0.15) is 0 Å². The Labute approximate surface area is 271 Å². The first kappa shape index (κ1) is 30.5. The van der Waals surface area contributed by atoms with Crippen molar-refractivity contribution in [3.05, 3.63) is 160 Å². The average Bonchev–Trinajstić information content (AvgIpc) is 3.35. The molecule has 0 bridgehead atoms. The van der Waals surface area contributed by atoms with E-state index in [9.17, 15) is 14.0 Å². The van der Waals surface area contributed by atoms with E-state index in [-0.39, 0.29) is 24.3 Å². The van der Waals surface area contributed by atoms with Crippen molar-refractivity contribution >= 4 is 52.3 Å². The van der Waals surface area contributed by atoms with E-state index >= 15 is 0 Å².